The van der Waals surface area contributed by atoms with Gasteiger partial charge in [0, 0.05) is 26.2 Å². The summed E-state index contributed by atoms with van der Waals surface area (Å²) in [5, 5.41) is 20.0. The molecule has 0 bridgehead atoms. The lowest BCUT2D eigenvalue weighted by atomic mass is 10.2. The Kier molecular flexibility index (Phi) is 3.48. The van der Waals surface area contributed by atoms with Crippen LogP contribution in [0.4, 0.5) is 11.6 Å². The Morgan fingerprint density at radius 2 is 1.83 bits per heavy atom. The number of fused-ring (bicyclic) bond motifs is 1. The Morgan fingerprint density at radius 3 is 2.57 bits per heavy atom. The number of anilines is 2. The molecule has 3 aromatic rings. The Balaban J connectivity index is 1.50. The molecule has 1 fully saturated rings. The van der Waals surface area contributed by atoms with Crippen molar-refractivity contribution in [1.29, 1.82) is 5.26 Å². The lowest BCUT2D eigenvalue weighted by Gasteiger charge is -2.35. The largest absolute Gasteiger partial charge is 0.352 e. The van der Waals surface area contributed by atoms with Gasteiger partial charge in [0.2, 0.25) is 0 Å². The molecular formula is C15H13N7S. The van der Waals surface area contributed by atoms with Crippen LogP contribution >= 0.6 is 11.3 Å². The van der Waals surface area contributed by atoms with Gasteiger partial charge in [0.15, 0.2) is 11.5 Å². The Bertz CT molecular complexity index is 859. The van der Waals surface area contributed by atoms with E-state index in [1.54, 1.807) is 23.7 Å². The fourth-order valence-corrected chi connectivity index (χ4v) is 3.46. The van der Waals surface area contributed by atoms with Crippen molar-refractivity contribution in [2.24, 2.45) is 0 Å². The van der Waals surface area contributed by atoms with Crippen molar-refractivity contribution in [3.63, 3.8) is 0 Å². The third-order valence-corrected chi connectivity index (χ3v) is 4.73. The summed E-state index contributed by atoms with van der Waals surface area (Å²) >= 11 is 1.63. The highest BCUT2D eigenvalue weighted by molar-refractivity contribution is 7.16. The first-order valence-corrected chi connectivity index (χ1v) is 8.15. The van der Waals surface area contributed by atoms with Gasteiger partial charge in [-0.3, -0.25) is 0 Å². The summed E-state index contributed by atoms with van der Waals surface area (Å²) in [6.45, 7) is 3.42. The maximum atomic E-state index is 8.78. The summed E-state index contributed by atoms with van der Waals surface area (Å²) in [5.74, 6) is 1.81. The van der Waals surface area contributed by atoms with Crippen LogP contribution in [0.25, 0.3) is 10.2 Å². The molecule has 3 aromatic heterocycles. The predicted octanol–water partition coefficient (Wildman–Crippen LogP) is 1.68. The van der Waals surface area contributed by atoms with Crippen LogP contribution in [0.1, 0.15) is 5.69 Å². The minimum atomic E-state index is 0.341. The molecule has 1 aliphatic rings. The molecule has 4 rings (SSSR count). The molecule has 0 radical (unpaired) electrons. The van der Waals surface area contributed by atoms with Crippen molar-refractivity contribution >= 4 is 33.2 Å². The smallest absolute Gasteiger partial charge is 0.163 e. The molecule has 0 N–H and O–H groups in total. The third-order valence-electron chi connectivity index (χ3n) is 3.91. The van der Waals surface area contributed by atoms with Gasteiger partial charge < -0.3 is 9.80 Å². The highest BCUT2D eigenvalue weighted by atomic mass is 32.1. The average molecular weight is 323 g/mol. The normalized spacial score (nSPS) is 14.9. The number of thiophene rings is 1. The number of piperazine rings is 1. The molecule has 1 aliphatic heterocycles. The molecule has 0 atom stereocenters. The van der Waals surface area contributed by atoms with Gasteiger partial charge in [-0.1, -0.05) is 0 Å². The number of hydrogen-bond donors (Lipinski definition) is 0. The van der Waals surface area contributed by atoms with Crippen molar-refractivity contribution in [3.05, 3.63) is 35.6 Å². The topological polar surface area (TPSA) is 81.8 Å². The first-order chi connectivity index (χ1) is 11.3. The number of hydrogen-bond acceptors (Lipinski definition) is 8. The highest BCUT2D eigenvalue weighted by Crippen LogP contribution is 2.27. The molecular weight excluding hydrogens is 310 g/mol. The van der Waals surface area contributed by atoms with Crippen molar-refractivity contribution in [3.8, 4) is 6.07 Å². The van der Waals surface area contributed by atoms with E-state index in [2.05, 4.69) is 36.0 Å². The molecule has 0 amide bonds. The fraction of sp³-hybridized carbons (Fsp3) is 0.267. The van der Waals surface area contributed by atoms with Crippen LogP contribution in [0.15, 0.2) is 29.9 Å². The maximum Gasteiger partial charge on any atom is 0.163 e. The second kappa shape index (κ2) is 5.78. The van der Waals surface area contributed by atoms with E-state index in [1.165, 1.54) is 0 Å². The summed E-state index contributed by atoms with van der Waals surface area (Å²) in [4.78, 5) is 14.2. The van der Waals surface area contributed by atoms with Crippen molar-refractivity contribution in [2.75, 3.05) is 36.0 Å². The molecule has 0 unspecified atom stereocenters. The van der Waals surface area contributed by atoms with E-state index in [0.717, 1.165) is 48.0 Å². The van der Waals surface area contributed by atoms with Gasteiger partial charge in [-0.05, 0) is 23.6 Å². The van der Waals surface area contributed by atoms with E-state index in [4.69, 9.17) is 5.26 Å². The van der Waals surface area contributed by atoms with Gasteiger partial charge in [0.05, 0.1) is 5.39 Å². The molecule has 8 heteroatoms. The zero-order valence-electron chi connectivity index (χ0n) is 12.3. The monoisotopic (exact) mass is 323 g/mol. The average Bonchev–Trinajstić information content (AvgIpc) is 3.11. The van der Waals surface area contributed by atoms with Gasteiger partial charge in [-0.15, -0.1) is 21.5 Å². The van der Waals surface area contributed by atoms with Crippen LogP contribution in [0, 0.1) is 11.3 Å². The molecule has 1 saturated heterocycles. The molecule has 0 aliphatic carbocycles. The van der Waals surface area contributed by atoms with Crippen LogP contribution in [0.2, 0.25) is 0 Å². The minimum Gasteiger partial charge on any atom is -0.352 e. The van der Waals surface area contributed by atoms with E-state index in [-0.39, 0.29) is 0 Å². The summed E-state index contributed by atoms with van der Waals surface area (Å²) in [5.41, 5.74) is 0.341. The van der Waals surface area contributed by atoms with E-state index in [0.29, 0.717) is 5.69 Å². The molecule has 7 nitrogen and oxygen atoms in total. The quantitative estimate of drug-likeness (QED) is 0.709. The molecule has 0 spiro atoms. The van der Waals surface area contributed by atoms with Crippen molar-refractivity contribution < 1.29 is 0 Å². The van der Waals surface area contributed by atoms with Gasteiger partial charge in [0.25, 0.3) is 0 Å². The van der Waals surface area contributed by atoms with E-state index in [9.17, 15) is 0 Å². The van der Waals surface area contributed by atoms with Crippen molar-refractivity contribution in [1.82, 2.24) is 20.2 Å². The Morgan fingerprint density at radius 1 is 1.00 bits per heavy atom. The molecule has 23 heavy (non-hydrogen) atoms. The lowest BCUT2D eigenvalue weighted by molar-refractivity contribution is 0.639. The van der Waals surface area contributed by atoms with Gasteiger partial charge in [0.1, 0.15) is 23.0 Å². The predicted molar refractivity (Wildman–Crippen MR) is 88.6 cm³/mol. The number of nitriles is 1. The molecule has 0 aromatic carbocycles. The van der Waals surface area contributed by atoms with Gasteiger partial charge in [-0.25, -0.2) is 9.97 Å². The lowest BCUT2D eigenvalue weighted by Crippen LogP contribution is -2.47. The van der Waals surface area contributed by atoms with Gasteiger partial charge in [-0.2, -0.15) is 5.26 Å². The summed E-state index contributed by atoms with van der Waals surface area (Å²) in [6.07, 6.45) is 1.63. The third kappa shape index (κ3) is 2.55. The fourth-order valence-electron chi connectivity index (χ4n) is 2.73. The second-order valence-corrected chi connectivity index (χ2v) is 6.09. The van der Waals surface area contributed by atoms with Gasteiger partial charge >= 0.3 is 0 Å². The van der Waals surface area contributed by atoms with Crippen LogP contribution in [-0.2, 0) is 0 Å². The molecule has 0 saturated carbocycles. The highest BCUT2D eigenvalue weighted by Gasteiger charge is 2.21. The van der Waals surface area contributed by atoms with E-state index >= 15 is 0 Å². The summed E-state index contributed by atoms with van der Waals surface area (Å²) in [6, 6.07) is 7.62. The van der Waals surface area contributed by atoms with Crippen molar-refractivity contribution in [2.45, 2.75) is 0 Å². The zero-order chi connectivity index (χ0) is 15.6. The summed E-state index contributed by atoms with van der Waals surface area (Å²) in [7, 11) is 0. The maximum absolute atomic E-state index is 8.78. The number of rotatable bonds is 2. The Hall–Kier alpha value is -2.79. The van der Waals surface area contributed by atoms with Crippen LogP contribution in [0.3, 0.4) is 0 Å². The SMILES string of the molecule is N#Cc1ccc(N2CCN(c3ncnc4sccc34)CC2)nn1. The summed E-state index contributed by atoms with van der Waals surface area (Å²) < 4.78 is 0. The first-order valence-electron chi connectivity index (χ1n) is 7.27. The molecule has 114 valence electrons. The molecule has 4 heterocycles. The van der Waals surface area contributed by atoms with Crippen LogP contribution < -0.4 is 9.80 Å². The second-order valence-electron chi connectivity index (χ2n) is 5.20. The standard InChI is InChI=1S/C15H13N7S/c16-9-11-1-2-13(20-19-11)21-4-6-22(7-5-21)14-12-3-8-23-15(12)18-10-17-14/h1-3,8,10H,4-7H2. The Labute approximate surface area is 136 Å². The van der Waals surface area contributed by atoms with Crippen LogP contribution in [0.5, 0.6) is 0 Å². The number of aromatic nitrogens is 4. The van der Waals surface area contributed by atoms with E-state index < -0.39 is 0 Å². The zero-order valence-corrected chi connectivity index (χ0v) is 13.1. The minimum absolute atomic E-state index is 0.341. The number of nitrogens with zero attached hydrogens (tertiary/aromatic N) is 7. The van der Waals surface area contributed by atoms with E-state index in [1.807, 2.05) is 17.5 Å². The first kappa shape index (κ1) is 13.8. The van der Waals surface area contributed by atoms with Crippen LogP contribution in [-0.4, -0.2) is 46.3 Å².